The predicted octanol–water partition coefficient (Wildman–Crippen LogP) is -1.81. The Hall–Kier alpha value is -0.160. The molecule has 4 atom stereocenters. The number of aliphatic hydroxyl groups is 3. The molecule has 0 aromatic carbocycles. The summed E-state index contributed by atoms with van der Waals surface area (Å²) in [6, 6.07) is -0.691. The van der Waals surface area contributed by atoms with Crippen molar-refractivity contribution in [3.63, 3.8) is 0 Å². The molecule has 5 N–H and O–H groups in total. The van der Waals surface area contributed by atoms with Crippen molar-refractivity contribution in [2.24, 2.45) is 5.73 Å². The average Bonchev–Trinajstić information content (AvgIpc) is 1.93. The first kappa shape index (κ1) is 7.94. The predicted molar refractivity (Wildman–Crippen MR) is 35.2 cm³/mol. The molecule has 0 amide bonds. The smallest absolute Gasteiger partial charge is 0.0974 e. The number of aliphatic hydroxyl groups excluding tert-OH is 3. The summed E-state index contributed by atoms with van der Waals surface area (Å²) in [7, 11) is 0. The van der Waals surface area contributed by atoms with E-state index >= 15 is 0 Å². The maximum absolute atomic E-state index is 9.08. The van der Waals surface area contributed by atoms with Crippen LogP contribution in [-0.2, 0) is 0 Å². The molecule has 0 aromatic heterocycles. The van der Waals surface area contributed by atoms with E-state index < -0.39 is 24.4 Å². The van der Waals surface area contributed by atoms with E-state index in [1.54, 1.807) is 0 Å². The molecular weight excluding hydrogens is 134 g/mol. The van der Waals surface area contributed by atoms with Crippen molar-refractivity contribution >= 4 is 0 Å². The van der Waals surface area contributed by atoms with Gasteiger partial charge in [0.25, 0.3) is 0 Å². The lowest BCUT2D eigenvalue weighted by atomic mass is 9.88. The van der Waals surface area contributed by atoms with E-state index in [0.717, 1.165) is 0 Å². The number of nitrogens with two attached hydrogens (primary N) is 1. The lowest BCUT2D eigenvalue weighted by Crippen LogP contribution is -2.54. The molecule has 4 nitrogen and oxygen atoms in total. The Labute approximate surface area is 59.3 Å². The molecule has 0 bridgehead atoms. The second-order valence-corrected chi connectivity index (χ2v) is 2.78. The van der Waals surface area contributed by atoms with Crippen molar-refractivity contribution in [3.05, 3.63) is 0 Å². The van der Waals surface area contributed by atoms with E-state index in [4.69, 9.17) is 21.1 Å². The third-order valence-corrected chi connectivity index (χ3v) is 1.99. The van der Waals surface area contributed by atoms with Crippen LogP contribution >= 0.6 is 0 Å². The van der Waals surface area contributed by atoms with E-state index in [1.807, 2.05) is 0 Å². The summed E-state index contributed by atoms with van der Waals surface area (Å²) in [4.78, 5) is 0. The van der Waals surface area contributed by atoms with Crippen LogP contribution in [0.5, 0.6) is 0 Å². The van der Waals surface area contributed by atoms with Crippen molar-refractivity contribution in [2.75, 3.05) is 0 Å². The first-order valence-electron chi connectivity index (χ1n) is 3.42. The Morgan fingerprint density at radius 3 is 2.00 bits per heavy atom. The van der Waals surface area contributed by atoms with Crippen LogP contribution in [-0.4, -0.2) is 39.7 Å². The lowest BCUT2D eigenvalue weighted by molar-refractivity contribution is -0.0645. The van der Waals surface area contributed by atoms with Crippen LogP contribution in [0.3, 0.4) is 0 Å². The molecule has 1 rings (SSSR count). The van der Waals surface area contributed by atoms with Crippen LogP contribution in [0.1, 0.15) is 12.8 Å². The standard InChI is InChI=1S/C6H13NO3/c7-5-3(8)1-2-4(9)6(5)10/h3-6,8-10H,1-2,7H2/t3-,4-,5-,6-/m1/s1. The number of hydrogen-bond acceptors (Lipinski definition) is 4. The van der Waals surface area contributed by atoms with Crippen LogP contribution in [0, 0.1) is 0 Å². The molecule has 4 heteroatoms. The van der Waals surface area contributed by atoms with E-state index in [0.29, 0.717) is 12.8 Å². The Morgan fingerprint density at radius 2 is 1.50 bits per heavy atom. The third kappa shape index (κ3) is 1.29. The normalized spacial score (nSPS) is 49.2. The van der Waals surface area contributed by atoms with Crippen molar-refractivity contribution in [1.29, 1.82) is 0 Å². The number of hydrogen-bond donors (Lipinski definition) is 4. The van der Waals surface area contributed by atoms with Gasteiger partial charge in [0.2, 0.25) is 0 Å². The molecule has 0 spiro atoms. The Balaban J connectivity index is 2.52. The third-order valence-electron chi connectivity index (χ3n) is 1.99. The van der Waals surface area contributed by atoms with E-state index in [1.165, 1.54) is 0 Å². The Bertz CT molecular complexity index is 106. The van der Waals surface area contributed by atoms with Gasteiger partial charge in [-0.1, -0.05) is 0 Å². The summed E-state index contributed by atoms with van der Waals surface area (Å²) >= 11 is 0. The topological polar surface area (TPSA) is 86.7 Å². The van der Waals surface area contributed by atoms with Crippen LogP contribution < -0.4 is 5.73 Å². The first-order chi connectivity index (χ1) is 4.63. The monoisotopic (exact) mass is 147 g/mol. The van der Waals surface area contributed by atoms with Gasteiger partial charge in [0.1, 0.15) is 0 Å². The molecule has 10 heavy (non-hydrogen) atoms. The van der Waals surface area contributed by atoms with Crippen molar-refractivity contribution in [1.82, 2.24) is 0 Å². The average molecular weight is 147 g/mol. The summed E-state index contributed by atoms with van der Waals surface area (Å²) in [5.74, 6) is 0. The van der Waals surface area contributed by atoms with E-state index in [2.05, 4.69) is 0 Å². The molecule has 1 fully saturated rings. The lowest BCUT2D eigenvalue weighted by Gasteiger charge is -2.32. The zero-order valence-electron chi connectivity index (χ0n) is 5.64. The minimum absolute atomic E-state index is 0.427. The fourth-order valence-corrected chi connectivity index (χ4v) is 1.19. The van der Waals surface area contributed by atoms with Gasteiger partial charge in [0.05, 0.1) is 24.4 Å². The fourth-order valence-electron chi connectivity index (χ4n) is 1.19. The first-order valence-corrected chi connectivity index (χ1v) is 3.42. The molecule has 1 saturated carbocycles. The van der Waals surface area contributed by atoms with E-state index in [-0.39, 0.29) is 0 Å². The maximum atomic E-state index is 9.08. The summed E-state index contributed by atoms with van der Waals surface area (Å²) in [6.07, 6.45) is -1.50. The van der Waals surface area contributed by atoms with Crippen LogP contribution in [0.25, 0.3) is 0 Å². The van der Waals surface area contributed by atoms with Gasteiger partial charge in [-0.2, -0.15) is 0 Å². The second-order valence-electron chi connectivity index (χ2n) is 2.78. The SMILES string of the molecule is N[C@H]1[C@H](O)[C@H](O)CC[C@H]1O. The van der Waals surface area contributed by atoms with Crippen LogP contribution in [0.4, 0.5) is 0 Å². The van der Waals surface area contributed by atoms with Gasteiger partial charge >= 0.3 is 0 Å². The molecule has 1 aliphatic carbocycles. The summed E-state index contributed by atoms with van der Waals surface area (Å²) in [6.45, 7) is 0. The molecule has 60 valence electrons. The van der Waals surface area contributed by atoms with Gasteiger partial charge in [0, 0.05) is 0 Å². The van der Waals surface area contributed by atoms with Crippen molar-refractivity contribution in [2.45, 2.75) is 37.2 Å². The zero-order chi connectivity index (χ0) is 7.72. The number of rotatable bonds is 0. The molecule has 0 saturated heterocycles. The highest BCUT2D eigenvalue weighted by atomic mass is 16.3. The van der Waals surface area contributed by atoms with Gasteiger partial charge in [-0.25, -0.2) is 0 Å². The van der Waals surface area contributed by atoms with Crippen LogP contribution in [0.2, 0.25) is 0 Å². The molecule has 0 aliphatic heterocycles. The highest BCUT2D eigenvalue weighted by Crippen LogP contribution is 2.17. The van der Waals surface area contributed by atoms with E-state index in [9.17, 15) is 0 Å². The summed E-state index contributed by atoms with van der Waals surface area (Å²) in [5.41, 5.74) is 5.35. The highest BCUT2D eigenvalue weighted by Gasteiger charge is 2.33. The van der Waals surface area contributed by atoms with Crippen molar-refractivity contribution < 1.29 is 15.3 Å². The molecule has 0 aromatic rings. The maximum Gasteiger partial charge on any atom is 0.0974 e. The van der Waals surface area contributed by atoms with Gasteiger partial charge < -0.3 is 21.1 Å². The van der Waals surface area contributed by atoms with Crippen molar-refractivity contribution in [3.8, 4) is 0 Å². The zero-order valence-corrected chi connectivity index (χ0v) is 5.64. The second kappa shape index (κ2) is 2.84. The van der Waals surface area contributed by atoms with Gasteiger partial charge in [-0.15, -0.1) is 0 Å². The molecule has 0 unspecified atom stereocenters. The summed E-state index contributed by atoms with van der Waals surface area (Å²) in [5, 5.41) is 27.2. The quantitative estimate of drug-likeness (QED) is 0.325. The molecular formula is C6H13NO3. The van der Waals surface area contributed by atoms with Gasteiger partial charge in [-0.3, -0.25) is 0 Å². The Kier molecular flexibility index (Phi) is 2.25. The molecule has 0 radical (unpaired) electrons. The minimum atomic E-state index is -0.969. The Morgan fingerprint density at radius 1 is 1.00 bits per heavy atom. The largest absolute Gasteiger partial charge is 0.391 e. The molecule has 0 heterocycles. The van der Waals surface area contributed by atoms with Crippen LogP contribution in [0.15, 0.2) is 0 Å². The highest BCUT2D eigenvalue weighted by molar-refractivity contribution is 4.89. The van der Waals surface area contributed by atoms with Gasteiger partial charge in [-0.05, 0) is 12.8 Å². The van der Waals surface area contributed by atoms with Gasteiger partial charge in [0.15, 0.2) is 0 Å². The summed E-state index contributed by atoms with van der Waals surface area (Å²) < 4.78 is 0. The molecule has 1 aliphatic rings. The fraction of sp³-hybridized carbons (Fsp3) is 1.00. The minimum Gasteiger partial charge on any atom is -0.391 e.